The number of furan rings is 1. The van der Waals surface area contributed by atoms with Gasteiger partial charge in [0.1, 0.15) is 11.6 Å². The lowest BCUT2D eigenvalue weighted by Gasteiger charge is -2.33. The van der Waals surface area contributed by atoms with E-state index in [9.17, 15) is 9.59 Å². The van der Waals surface area contributed by atoms with E-state index in [4.69, 9.17) is 9.40 Å². The Morgan fingerprint density at radius 3 is 2.74 bits per heavy atom. The van der Waals surface area contributed by atoms with E-state index in [1.165, 1.54) is 0 Å². The number of aromatic nitrogens is 2. The van der Waals surface area contributed by atoms with Gasteiger partial charge in [0.2, 0.25) is 11.8 Å². The van der Waals surface area contributed by atoms with Gasteiger partial charge in [0.05, 0.1) is 17.3 Å². The zero-order valence-corrected chi connectivity index (χ0v) is 17.6. The highest BCUT2D eigenvalue weighted by Crippen LogP contribution is 2.31. The molecule has 1 unspecified atom stereocenters. The SMILES string of the molecule is O=C1CCC(CCC(=O)N2CCC(c3nc4ccccc4[nH]3)CC2)(Cc2ccco2)N1. The molecule has 7 nitrogen and oxygen atoms in total. The number of piperidine rings is 1. The summed E-state index contributed by atoms with van der Waals surface area (Å²) in [6.45, 7) is 1.50. The van der Waals surface area contributed by atoms with Crippen LogP contribution in [0.3, 0.4) is 0 Å². The number of benzene rings is 1. The monoisotopic (exact) mass is 420 g/mol. The van der Waals surface area contributed by atoms with Gasteiger partial charge in [0, 0.05) is 43.8 Å². The van der Waals surface area contributed by atoms with Crippen LogP contribution in [-0.4, -0.2) is 45.3 Å². The summed E-state index contributed by atoms with van der Waals surface area (Å²) in [7, 11) is 0. The van der Waals surface area contributed by atoms with Gasteiger partial charge in [0.25, 0.3) is 0 Å². The average molecular weight is 421 g/mol. The lowest BCUT2D eigenvalue weighted by Crippen LogP contribution is -2.45. The van der Waals surface area contributed by atoms with Crippen LogP contribution in [0.15, 0.2) is 47.1 Å². The lowest BCUT2D eigenvalue weighted by atomic mass is 9.86. The molecule has 1 atom stereocenters. The molecule has 31 heavy (non-hydrogen) atoms. The minimum atomic E-state index is -0.378. The zero-order chi connectivity index (χ0) is 21.3. The summed E-state index contributed by atoms with van der Waals surface area (Å²) in [6.07, 6.45) is 6.45. The lowest BCUT2D eigenvalue weighted by molar-refractivity contribution is -0.133. The number of para-hydroxylation sites is 2. The van der Waals surface area contributed by atoms with Crippen LogP contribution in [-0.2, 0) is 16.0 Å². The number of carbonyl (C=O) groups excluding carboxylic acids is 2. The van der Waals surface area contributed by atoms with E-state index < -0.39 is 0 Å². The minimum absolute atomic E-state index is 0.0608. The van der Waals surface area contributed by atoms with Crippen LogP contribution in [0.5, 0.6) is 0 Å². The van der Waals surface area contributed by atoms with E-state index in [0.29, 0.717) is 31.6 Å². The third kappa shape index (κ3) is 4.22. The molecule has 1 aromatic carbocycles. The van der Waals surface area contributed by atoms with Gasteiger partial charge in [0.15, 0.2) is 0 Å². The number of nitrogens with one attached hydrogen (secondary N) is 2. The summed E-state index contributed by atoms with van der Waals surface area (Å²) in [5, 5.41) is 3.12. The fourth-order valence-corrected chi connectivity index (χ4v) is 5.00. The van der Waals surface area contributed by atoms with E-state index in [1.807, 2.05) is 41.3 Å². The molecule has 0 aliphatic carbocycles. The van der Waals surface area contributed by atoms with Gasteiger partial charge < -0.3 is 19.6 Å². The second kappa shape index (κ2) is 8.21. The minimum Gasteiger partial charge on any atom is -0.469 e. The number of likely N-dealkylation sites (tertiary alicyclic amines) is 1. The standard InChI is InChI=1S/C24H28N4O3/c29-21-7-11-24(27-21,16-18-4-3-15-31-18)12-8-22(30)28-13-9-17(10-14-28)23-25-19-5-1-2-6-20(19)26-23/h1-6,15,17H,7-14,16H2,(H,25,26)(H,27,29). The van der Waals surface area contributed by atoms with Crippen molar-refractivity contribution >= 4 is 22.8 Å². The van der Waals surface area contributed by atoms with Gasteiger partial charge in [-0.05, 0) is 49.9 Å². The second-order valence-corrected chi connectivity index (χ2v) is 8.88. The summed E-state index contributed by atoms with van der Waals surface area (Å²) < 4.78 is 5.50. The molecule has 0 radical (unpaired) electrons. The van der Waals surface area contributed by atoms with E-state index in [0.717, 1.165) is 55.0 Å². The Balaban J connectivity index is 1.17. The predicted molar refractivity (Wildman–Crippen MR) is 116 cm³/mol. The molecule has 2 N–H and O–H groups in total. The van der Waals surface area contributed by atoms with Crippen LogP contribution in [0.25, 0.3) is 11.0 Å². The number of nitrogens with zero attached hydrogens (tertiary/aromatic N) is 2. The Hall–Kier alpha value is -3.09. The Kier molecular flexibility index (Phi) is 5.26. The first kappa shape index (κ1) is 19.8. The number of rotatable bonds is 6. The molecule has 2 aliphatic rings. The van der Waals surface area contributed by atoms with Gasteiger partial charge in [-0.15, -0.1) is 0 Å². The number of carbonyl (C=O) groups is 2. The zero-order valence-electron chi connectivity index (χ0n) is 17.6. The highest BCUT2D eigenvalue weighted by molar-refractivity contribution is 5.80. The van der Waals surface area contributed by atoms with Crippen molar-refractivity contribution in [3.8, 4) is 0 Å². The fraction of sp³-hybridized carbons (Fsp3) is 0.458. The molecule has 3 aromatic rings. The molecule has 2 saturated heterocycles. The van der Waals surface area contributed by atoms with Gasteiger partial charge in [-0.3, -0.25) is 9.59 Å². The third-order valence-corrected chi connectivity index (χ3v) is 6.79. The molecule has 162 valence electrons. The topological polar surface area (TPSA) is 91.2 Å². The van der Waals surface area contributed by atoms with E-state index in [-0.39, 0.29) is 17.4 Å². The van der Waals surface area contributed by atoms with Gasteiger partial charge in [-0.2, -0.15) is 0 Å². The molecule has 0 saturated carbocycles. The molecule has 2 fully saturated rings. The first-order valence-electron chi connectivity index (χ1n) is 11.2. The Morgan fingerprint density at radius 2 is 2.03 bits per heavy atom. The van der Waals surface area contributed by atoms with Crippen molar-refractivity contribution < 1.29 is 14.0 Å². The maximum Gasteiger partial charge on any atom is 0.222 e. The molecular weight excluding hydrogens is 392 g/mol. The Labute approximate surface area is 181 Å². The smallest absolute Gasteiger partial charge is 0.222 e. The largest absolute Gasteiger partial charge is 0.469 e. The predicted octanol–water partition coefficient (Wildman–Crippen LogP) is 3.53. The highest BCUT2D eigenvalue weighted by atomic mass is 16.3. The summed E-state index contributed by atoms with van der Waals surface area (Å²) in [4.78, 5) is 35.0. The molecule has 7 heteroatoms. The summed E-state index contributed by atoms with van der Waals surface area (Å²) in [6, 6.07) is 11.9. The molecule has 5 rings (SSSR count). The van der Waals surface area contributed by atoms with Crippen LogP contribution in [0.2, 0.25) is 0 Å². The molecule has 2 aliphatic heterocycles. The van der Waals surface area contributed by atoms with Gasteiger partial charge in [-0.25, -0.2) is 4.98 Å². The Bertz CT molecular complexity index is 1030. The molecule has 2 aromatic heterocycles. The normalized spacial score (nSPS) is 22.2. The number of amides is 2. The highest BCUT2D eigenvalue weighted by Gasteiger charge is 2.39. The van der Waals surface area contributed by atoms with Crippen LogP contribution < -0.4 is 5.32 Å². The van der Waals surface area contributed by atoms with Crippen LogP contribution >= 0.6 is 0 Å². The van der Waals surface area contributed by atoms with Gasteiger partial charge >= 0.3 is 0 Å². The van der Waals surface area contributed by atoms with Crippen molar-refractivity contribution in [2.75, 3.05) is 13.1 Å². The van der Waals surface area contributed by atoms with Crippen molar-refractivity contribution in [2.24, 2.45) is 0 Å². The van der Waals surface area contributed by atoms with Crippen molar-refractivity contribution in [3.63, 3.8) is 0 Å². The average Bonchev–Trinajstić information content (AvgIpc) is 3.53. The quantitative estimate of drug-likeness (QED) is 0.638. The van der Waals surface area contributed by atoms with Gasteiger partial charge in [-0.1, -0.05) is 12.1 Å². The van der Waals surface area contributed by atoms with E-state index in [2.05, 4.69) is 10.3 Å². The summed E-state index contributed by atoms with van der Waals surface area (Å²) in [5.41, 5.74) is 1.69. The molecular formula is C24H28N4O3. The van der Waals surface area contributed by atoms with Crippen LogP contribution in [0.4, 0.5) is 0 Å². The second-order valence-electron chi connectivity index (χ2n) is 8.88. The number of imidazole rings is 1. The number of aromatic amines is 1. The van der Waals surface area contributed by atoms with Crippen LogP contribution in [0.1, 0.15) is 56.0 Å². The summed E-state index contributed by atoms with van der Waals surface area (Å²) in [5.74, 6) is 2.46. The first-order valence-corrected chi connectivity index (χ1v) is 11.2. The fourth-order valence-electron chi connectivity index (χ4n) is 5.00. The van der Waals surface area contributed by atoms with Crippen LogP contribution in [0, 0.1) is 0 Å². The van der Waals surface area contributed by atoms with Crippen molar-refractivity contribution in [3.05, 3.63) is 54.2 Å². The number of H-pyrrole nitrogens is 1. The maximum absolute atomic E-state index is 12.9. The van der Waals surface area contributed by atoms with E-state index in [1.54, 1.807) is 6.26 Å². The van der Waals surface area contributed by atoms with Crippen molar-refractivity contribution in [2.45, 2.75) is 56.4 Å². The van der Waals surface area contributed by atoms with Crippen molar-refractivity contribution in [1.82, 2.24) is 20.2 Å². The van der Waals surface area contributed by atoms with Crippen molar-refractivity contribution in [1.29, 1.82) is 0 Å². The van der Waals surface area contributed by atoms with E-state index >= 15 is 0 Å². The number of hydrogen-bond acceptors (Lipinski definition) is 4. The third-order valence-electron chi connectivity index (χ3n) is 6.79. The first-order chi connectivity index (χ1) is 15.1. The molecule has 4 heterocycles. The molecule has 0 bridgehead atoms. The molecule has 0 spiro atoms. The Morgan fingerprint density at radius 1 is 1.19 bits per heavy atom. The number of hydrogen-bond donors (Lipinski definition) is 2. The summed E-state index contributed by atoms with van der Waals surface area (Å²) >= 11 is 0. The number of fused-ring (bicyclic) bond motifs is 1. The maximum atomic E-state index is 12.9. The molecule has 2 amide bonds.